The topological polar surface area (TPSA) is 77.4 Å². The van der Waals surface area contributed by atoms with Crippen LogP contribution in [0.3, 0.4) is 0 Å². The molecule has 6 rings (SSSR count). The smallest absolute Gasteiger partial charge is 0.121 e. The Hall–Kier alpha value is -5.24. The van der Waals surface area contributed by atoms with Gasteiger partial charge in [-0.15, -0.1) is 0 Å². The fourth-order valence-electron chi connectivity index (χ4n) is 6.26. The Morgan fingerprint density at radius 3 is 1.11 bits per heavy atom. The van der Waals surface area contributed by atoms with Gasteiger partial charge in [0, 0.05) is 24.3 Å². The van der Waals surface area contributed by atoms with Crippen LogP contribution in [0.4, 0.5) is 0 Å². The van der Waals surface area contributed by atoms with Crippen LogP contribution in [0.1, 0.15) is 70.2 Å². The average molecular weight is 753 g/mol. The molecule has 0 heterocycles. The third-order valence-corrected chi connectivity index (χ3v) is 9.42. The highest BCUT2D eigenvalue weighted by Crippen LogP contribution is 2.25. The molecule has 6 aromatic rings. The molecule has 2 N–H and O–H groups in total. The molecule has 0 aliphatic rings. The van der Waals surface area contributed by atoms with Crippen molar-refractivity contribution in [3.8, 4) is 11.5 Å². The van der Waals surface area contributed by atoms with Crippen molar-refractivity contribution in [2.45, 2.75) is 78.2 Å². The van der Waals surface area contributed by atoms with Crippen LogP contribution in [0.15, 0.2) is 158 Å². The van der Waals surface area contributed by atoms with Gasteiger partial charge >= 0.3 is 0 Å². The van der Waals surface area contributed by atoms with Crippen LogP contribution < -0.4 is 0 Å². The third kappa shape index (κ3) is 15.5. The Labute approximate surface area is 333 Å². The molecule has 0 fully saturated rings. The number of hydrogen-bond acceptors (Lipinski definition) is 6. The van der Waals surface area contributed by atoms with Gasteiger partial charge < -0.3 is 29.2 Å². The van der Waals surface area contributed by atoms with Crippen molar-refractivity contribution in [2.75, 3.05) is 13.2 Å². The zero-order valence-corrected chi connectivity index (χ0v) is 32.4. The van der Waals surface area contributed by atoms with Gasteiger partial charge in [0.05, 0.1) is 39.6 Å². The first-order valence-electron chi connectivity index (χ1n) is 19.7. The monoisotopic (exact) mass is 752 g/mol. The van der Waals surface area contributed by atoms with E-state index in [0.717, 1.165) is 78.5 Å². The molecule has 0 bridgehead atoms. The zero-order chi connectivity index (χ0) is 38.9. The normalized spacial score (nSPS) is 10.9. The third-order valence-electron chi connectivity index (χ3n) is 9.42. The molecule has 0 atom stereocenters. The van der Waals surface area contributed by atoms with E-state index in [9.17, 15) is 10.2 Å². The molecule has 0 unspecified atom stereocenters. The lowest BCUT2D eigenvalue weighted by Crippen LogP contribution is -2.03. The first-order chi connectivity index (χ1) is 27.7. The number of aromatic hydroxyl groups is 2. The Morgan fingerprint density at radius 1 is 0.304 bits per heavy atom. The minimum absolute atomic E-state index is 0.244. The highest BCUT2D eigenvalue weighted by Gasteiger charge is 2.10. The highest BCUT2D eigenvalue weighted by atomic mass is 16.5. The maximum Gasteiger partial charge on any atom is 0.121 e. The Bertz CT molecular complexity index is 1920. The summed E-state index contributed by atoms with van der Waals surface area (Å²) in [6.07, 6.45) is 6.41. The lowest BCUT2D eigenvalue weighted by molar-refractivity contribution is 0.0920. The maximum absolute atomic E-state index is 10.3. The molecule has 0 radical (unpaired) electrons. The summed E-state index contributed by atoms with van der Waals surface area (Å²) in [7, 11) is 0. The van der Waals surface area contributed by atoms with E-state index >= 15 is 0 Å². The van der Waals surface area contributed by atoms with Crippen LogP contribution >= 0.6 is 0 Å². The van der Waals surface area contributed by atoms with Crippen molar-refractivity contribution in [2.24, 2.45) is 0 Å². The first kappa shape index (κ1) is 41.9. The van der Waals surface area contributed by atoms with E-state index in [1.165, 1.54) is 11.1 Å². The second kappa shape index (κ2) is 25.0. The number of rotatable bonds is 22. The molecular weight excluding hydrogens is 697 g/mol. The number of benzene rings is 6. The number of hydrogen-bond donors (Lipinski definition) is 2. The maximum atomic E-state index is 10.3. The predicted molar refractivity (Wildman–Crippen MR) is 224 cm³/mol. The van der Waals surface area contributed by atoms with Gasteiger partial charge in [-0.3, -0.25) is 0 Å². The van der Waals surface area contributed by atoms with Gasteiger partial charge in [0.15, 0.2) is 0 Å². The second-order valence-electron chi connectivity index (χ2n) is 13.8. The van der Waals surface area contributed by atoms with Crippen molar-refractivity contribution in [1.29, 1.82) is 0 Å². The van der Waals surface area contributed by atoms with Gasteiger partial charge in [-0.25, -0.2) is 0 Å². The standard InChI is InChI=1S/C28H34O3.C22H22O3/c29-28-19-11-18-26(22-30-20-9-7-16-24-12-3-1-4-13-24)27(28)23-31-21-10-8-17-25-14-5-2-6-15-25;23-22-13-7-12-20(16-24-14-18-8-3-1-4-9-18)21(22)17-25-15-19-10-5-2-6-11-19/h1-6,11-15,18-19,29H,7-10,16-17,20-23H2;1-13,23H,14-17H2. The van der Waals surface area contributed by atoms with Crippen LogP contribution in [0.25, 0.3) is 0 Å². The minimum atomic E-state index is 0.244. The summed E-state index contributed by atoms with van der Waals surface area (Å²) in [6, 6.07) is 52.2. The molecule has 292 valence electrons. The SMILES string of the molecule is Oc1cccc(COCCCCc2ccccc2)c1COCCCCc1ccccc1.Oc1cccc(COCc2ccccc2)c1COCc1ccccc1. The van der Waals surface area contributed by atoms with Crippen LogP contribution in [0, 0.1) is 0 Å². The molecule has 0 spiro atoms. The fourth-order valence-corrected chi connectivity index (χ4v) is 6.26. The molecule has 6 aromatic carbocycles. The van der Waals surface area contributed by atoms with Crippen molar-refractivity contribution in [1.82, 2.24) is 0 Å². The van der Waals surface area contributed by atoms with E-state index in [2.05, 4.69) is 48.5 Å². The molecule has 56 heavy (non-hydrogen) atoms. The minimum Gasteiger partial charge on any atom is -0.508 e. The molecule has 0 saturated heterocycles. The molecule has 6 heteroatoms. The average Bonchev–Trinajstić information content (AvgIpc) is 3.24. The van der Waals surface area contributed by atoms with Gasteiger partial charge in [-0.2, -0.15) is 0 Å². The number of aryl methyl sites for hydroxylation is 2. The number of phenolic OH excluding ortho intramolecular Hbond substituents is 2. The summed E-state index contributed by atoms with van der Waals surface area (Å²) in [4.78, 5) is 0. The Kier molecular flexibility index (Phi) is 18.7. The van der Waals surface area contributed by atoms with Gasteiger partial charge in [0.2, 0.25) is 0 Å². The van der Waals surface area contributed by atoms with Crippen LogP contribution in [0.5, 0.6) is 11.5 Å². The van der Waals surface area contributed by atoms with E-state index in [4.69, 9.17) is 18.9 Å². The van der Waals surface area contributed by atoms with E-state index in [1.807, 2.05) is 97.1 Å². The van der Waals surface area contributed by atoms with Gasteiger partial charge in [0.1, 0.15) is 11.5 Å². The number of ether oxygens (including phenoxy) is 4. The number of unbranched alkanes of at least 4 members (excludes halogenated alkanes) is 2. The molecule has 0 saturated carbocycles. The van der Waals surface area contributed by atoms with E-state index in [1.54, 1.807) is 12.1 Å². The Morgan fingerprint density at radius 2 is 0.661 bits per heavy atom. The van der Waals surface area contributed by atoms with Gasteiger partial charge in [-0.05, 0) is 84.0 Å². The van der Waals surface area contributed by atoms with Gasteiger partial charge in [-0.1, -0.05) is 146 Å². The van der Waals surface area contributed by atoms with Crippen molar-refractivity contribution < 1.29 is 29.2 Å². The zero-order valence-electron chi connectivity index (χ0n) is 32.4. The lowest BCUT2D eigenvalue weighted by Gasteiger charge is -2.13. The van der Waals surface area contributed by atoms with E-state index < -0.39 is 0 Å². The van der Waals surface area contributed by atoms with Crippen LogP contribution in [0.2, 0.25) is 0 Å². The molecule has 0 aliphatic carbocycles. The van der Waals surface area contributed by atoms with Crippen molar-refractivity contribution in [3.05, 3.63) is 202 Å². The van der Waals surface area contributed by atoms with E-state index in [-0.39, 0.29) is 11.5 Å². The first-order valence-corrected chi connectivity index (χ1v) is 19.7. The Balaban J connectivity index is 0.000000219. The quantitative estimate of drug-likeness (QED) is 0.0673. The summed E-state index contributed by atoms with van der Waals surface area (Å²) in [5, 5.41) is 20.4. The second-order valence-corrected chi connectivity index (χ2v) is 13.8. The molecule has 6 nitrogen and oxygen atoms in total. The molecule has 0 amide bonds. The molecule has 0 aromatic heterocycles. The highest BCUT2D eigenvalue weighted by molar-refractivity contribution is 5.39. The summed E-state index contributed by atoms with van der Waals surface area (Å²) >= 11 is 0. The summed E-state index contributed by atoms with van der Waals surface area (Å²) in [5.41, 5.74) is 8.56. The van der Waals surface area contributed by atoms with Crippen molar-refractivity contribution in [3.63, 3.8) is 0 Å². The predicted octanol–water partition coefficient (Wildman–Crippen LogP) is 11.3. The fraction of sp³-hybridized carbons (Fsp3) is 0.280. The molecular formula is C50H56O6. The van der Waals surface area contributed by atoms with Crippen LogP contribution in [-0.2, 0) is 71.4 Å². The molecule has 0 aliphatic heterocycles. The van der Waals surface area contributed by atoms with E-state index in [0.29, 0.717) is 46.2 Å². The summed E-state index contributed by atoms with van der Waals surface area (Å²) < 4.78 is 23.3. The number of phenols is 2. The lowest BCUT2D eigenvalue weighted by atomic mass is 10.1. The van der Waals surface area contributed by atoms with Crippen molar-refractivity contribution >= 4 is 0 Å². The summed E-state index contributed by atoms with van der Waals surface area (Å²) in [6.45, 7) is 4.19. The summed E-state index contributed by atoms with van der Waals surface area (Å²) in [5.74, 6) is 0.531. The van der Waals surface area contributed by atoms with Gasteiger partial charge in [0.25, 0.3) is 0 Å². The van der Waals surface area contributed by atoms with Crippen LogP contribution in [-0.4, -0.2) is 23.4 Å². The largest absolute Gasteiger partial charge is 0.508 e.